The first-order valence-electron chi connectivity index (χ1n) is 8.52. The van der Waals surface area contributed by atoms with E-state index in [0.717, 1.165) is 24.3 Å². The van der Waals surface area contributed by atoms with E-state index in [1.807, 2.05) is 4.90 Å². The highest BCUT2D eigenvalue weighted by Gasteiger charge is 2.36. The number of carbonyl (C=O) groups is 2. The summed E-state index contributed by atoms with van der Waals surface area (Å²) in [7, 11) is 0. The van der Waals surface area contributed by atoms with Gasteiger partial charge in [-0.05, 0) is 25.8 Å². The number of rotatable bonds is 4. The number of nitrogens with zero attached hydrogens (tertiary/aromatic N) is 3. The van der Waals surface area contributed by atoms with E-state index in [1.165, 1.54) is 11.3 Å². The molecule has 1 atom stereocenters. The van der Waals surface area contributed by atoms with E-state index >= 15 is 0 Å². The van der Waals surface area contributed by atoms with Crippen molar-refractivity contribution in [2.45, 2.75) is 31.7 Å². The van der Waals surface area contributed by atoms with Gasteiger partial charge < -0.3 is 20.3 Å². The van der Waals surface area contributed by atoms with Crippen molar-refractivity contribution in [2.75, 3.05) is 39.4 Å². The molecule has 132 valence electrons. The van der Waals surface area contributed by atoms with Gasteiger partial charge in [0.25, 0.3) is 5.91 Å². The molecule has 2 saturated heterocycles. The van der Waals surface area contributed by atoms with E-state index in [0.29, 0.717) is 51.5 Å². The average Bonchev–Trinajstić information content (AvgIpc) is 3.10. The second-order valence-electron chi connectivity index (χ2n) is 6.11. The number of hydrogen-bond acceptors (Lipinski definition) is 6. The summed E-state index contributed by atoms with van der Waals surface area (Å²) in [4.78, 5) is 33.6. The van der Waals surface area contributed by atoms with E-state index in [4.69, 9.17) is 10.5 Å². The van der Waals surface area contributed by atoms with Crippen LogP contribution in [0.15, 0.2) is 5.38 Å². The molecule has 1 unspecified atom stereocenters. The molecule has 0 spiro atoms. The molecule has 7 nitrogen and oxygen atoms in total. The van der Waals surface area contributed by atoms with Crippen molar-refractivity contribution in [3.05, 3.63) is 16.1 Å². The molecule has 0 aromatic carbocycles. The summed E-state index contributed by atoms with van der Waals surface area (Å²) in [6, 6.07) is -0.371. The Hall–Kier alpha value is -1.51. The Kier molecular flexibility index (Phi) is 5.80. The van der Waals surface area contributed by atoms with Gasteiger partial charge in [-0.25, -0.2) is 4.98 Å². The van der Waals surface area contributed by atoms with Crippen molar-refractivity contribution in [3.8, 4) is 0 Å². The minimum absolute atomic E-state index is 0.0451. The Balaban J connectivity index is 1.73. The van der Waals surface area contributed by atoms with E-state index in [-0.39, 0.29) is 17.9 Å². The zero-order valence-corrected chi connectivity index (χ0v) is 14.6. The van der Waals surface area contributed by atoms with Gasteiger partial charge in [-0.3, -0.25) is 9.59 Å². The summed E-state index contributed by atoms with van der Waals surface area (Å²) >= 11 is 1.45. The van der Waals surface area contributed by atoms with Gasteiger partial charge in [-0.2, -0.15) is 0 Å². The van der Waals surface area contributed by atoms with Crippen LogP contribution >= 0.6 is 11.3 Å². The number of carbonyl (C=O) groups excluding carboxylic acids is 2. The third kappa shape index (κ3) is 3.76. The summed E-state index contributed by atoms with van der Waals surface area (Å²) in [5, 5.41) is 2.65. The molecule has 8 heteroatoms. The highest BCUT2D eigenvalue weighted by molar-refractivity contribution is 7.09. The predicted octanol–water partition coefficient (Wildman–Crippen LogP) is 0.498. The lowest BCUT2D eigenvalue weighted by molar-refractivity contribution is -0.141. The fourth-order valence-corrected chi connectivity index (χ4v) is 4.01. The van der Waals surface area contributed by atoms with Crippen LogP contribution in [0.25, 0.3) is 0 Å². The number of piperidine rings is 1. The molecule has 24 heavy (non-hydrogen) atoms. The molecule has 2 aliphatic heterocycles. The lowest BCUT2D eigenvalue weighted by atomic mass is 10.00. The summed E-state index contributed by atoms with van der Waals surface area (Å²) in [6.07, 6.45) is 3.30. The predicted molar refractivity (Wildman–Crippen MR) is 90.9 cm³/mol. The minimum Gasteiger partial charge on any atom is -0.378 e. The maximum Gasteiger partial charge on any atom is 0.274 e. The fraction of sp³-hybridized carbons (Fsp3) is 0.688. The number of thiazole rings is 1. The lowest BCUT2D eigenvalue weighted by Gasteiger charge is -2.38. The first-order valence-corrected chi connectivity index (χ1v) is 9.40. The van der Waals surface area contributed by atoms with Gasteiger partial charge in [-0.15, -0.1) is 11.3 Å². The Morgan fingerprint density at radius 1 is 1.29 bits per heavy atom. The van der Waals surface area contributed by atoms with Gasteiger partial charge in [0.1, 0.15) is 11.7 Å². The van der Waals surface area contributed by atoms with Crippen LogP contribution in [-0.2, 0) is 16.0 Å². The fourth-order valence-electron chi connectivity index (χ4n) is 3.22. The molecule has 0 radical (unpaired) electrons. The number of morpholine rings is 1. The Labute approximate surface area is 145 Å². The topological polar surface area (TPSA) is 88.8 Å². The molecule has 2 N–H and O–H groups in total. The molecule has 2 aliphatic rings. The molecule has 0 saturated carbocycles. The number of aromatic nitrogens is 1. The zero-order chi connectivity index (χ0) is 16.9. The third-order valence-corrected chi connectivity index (χ3v) is 5.41. The van der Waals surface area contributed by atoms with Crippen LogP contribution in [0, 0.1) is 0 Å². The van der Waals surface area contributed by atoms with Gasteiger partial charge in [0.05, 0.1) is 18.2 Å². The van der Waals surface area contributed by atoms with Gasteiger partial charge in [-0.1, -0.05) is 0 Å². The van der Waals surface area contributed by atoms with Crippen molar-refractivity contribution in [3.63, 3.8) is 0 Å². The SMILES string of the molecule is NCCc1nc(C(=O)N2CCCCC2C(=O)N2CCOCC2)cs1. The van der Waals surface area contributed by atoms with Crippen LogP contribution in [0.2, 0.25) is 0 Å². The molecule has 2 fully saturated rings. The van der Waals surface area contributed by atoms with E-state index in [9.17, 15) is 9.59 Å². The quantitative estimate of drug-likeness (QED) is 0.852. The normalized spacial score (nSPS) is 21.8. The van der Waals surface area contributed by atoms with Crippen molar-refractivity contribution in [1.29, 1.82) is 0 Å². The highest BCUT2D eigenvalue weighted by Crippen LogP contribution is 2.23. The van der Waals surface area contributed by atoms with Gasteiger partial charge in [0, 0.05) is 31.4 Å². The number of hydrogen-bond donors (Lipinski definition) is 1. The highest BCUT2D eigenvalue weighted by atomic mass is 32.1. The molecule has 1 aromatic heterocycles. The molecule has 0 bridgehead atoms. The first-order chi connectivity index (χ1) is 11.7. The van der Waals surface area contributed by atoms with E-state index in [2.05, 4.69) is 4.98 Å². The van der Waals surface area contributed by atoms with Crippen molar-refractivity contribution >= 4 is 23.2 Å². The standard InChI is InChI=1S/C16H24N4O3S/c17-5-4-14-18-12(11-24-14)15(21)20-6-2-1-3-13(20)16(22)19-7-9-23-10-8-19/h11,13H,1-10,17H2. The monoisotopic (exact) mass is 352 g/mol. The Bertz CT molecular complexity index is 586. The summed E-state index contributed by atoms with van der Waals surface area (Å²) in [5.74, 6) is -0.0930. The Morgan fingerprint density at radius 3 is 2.83 bits per heavy atom. The number of nitrogens with two attached hydrogens (primary N) is 1. The molecule has 1 aromatic rings. The average molecular weight is 352 g/mol. The maximum atomic E-state index is 12.9. The van der Waals surface area contributed by atoms with E-state index in [1.54, 1.807) is 10.3 Å². The molecular weight excluding hydrogens is 328 g/mol. The van der Waals surface area contributed by atoms with Crippen molar-refractivity contribution < 1.29 is 14.3 Å². The van der Waals surface area contributed by atoms with Gasteiger partial charge in [0.15, 0.2) is 0 Å². The lowest BCUT2D eigenvalue weighted by Crippen LogP contribution is -2.55. The van der Waals surface area contributed by atoms with Crippen LogP contribution in [0.5, 0.6) is 0 Å². The van der Waals surface area contributed by atoms with E-state index < -0.39 is 0 Å². The summed E-state index contributed by atoms with van der Waals surface area (Å²) in [6.45, 7) is 3.48. The second kappa shape index (κ2) is 8.04. The van der Waals surface area contributed by atoms with Gasteiger partial charge in [0.2, 0.25) is 5.91 Å². The van der Waals surface area contributed by atoms with Crippen LogP contribution < -0.4 is 5.73 Å². The number of likely N-dealkylation sites (tertiary alicyclic amines) is 1. The maximum absolute atomic E-state index is 12.9. The van der Waals surface area contributed by atoms with Crippen LogP contribution in [0.4, 0.5) is 0 Å². The molecule has 2 amide bonds. The van der Waals surface area contributed by atoms with Crippen LogP contribution in [0.1, 0.15) is 34.8 Å². The van der Waals surface area contributed by atoms with Gasteiger partial charge >= 0.3 is 0 Å². The zero-order valence-electron chi connectivity index (χ0n) is 13.8. The first kappa shape index (κ1) is 17.3. The third-order valence-electron chi connectivity index (χ3n) is 4.50. The minimum atomic E-state index is -0.371. The van der Waals surface area contributed by atoms with Crippen LogP contribution in [-0.4, -0.2) is 72.0 Å². The number of amides is 2. The smallest absolute Gasteiger partial charge is 0.274 e. The summed E-state index contributed by atoms with van der Waals surface area (Å²) in [5.41, 5.74) is 5.98. The van der Waals surface area contributed by atoms with Crippen molar-refractivity contribution in [1.82, 2.24) is 14.8 Å². The second-order valence-corrected chi connectivity index (χ2v) is 7.06. The van der Waals surface area contributed by atoms with Crippen LogP contribution in [0.3, 0.4) is 0 Å². The van der Waals surface area contributed by atoms with Crippen molar-refractivity contribution in [2.24, 2.45) is 5.73 Å². The molecule has 0 aliphatic carbocycles. The molecule has 3 rings (SSSR count). The summed E-state index contributed by atoms with van der Waals surface area (Å²) < 4.78 is 5.31. The molecular formula is C16H24N4O3S. The molecule has 3 heterocycles. The largest absolute Gasteiger partial charge is 0.378 e. The Morgan fingerprint density at radius 2 is 2.08 bits per heavy atom. The number of ether oxygens (including phenoxy) is 1.